The fourth-order valence-corrected chi connectivity index (χ4v) is 1.86. The first-order valence-electron chi connectivity index (χ1n) is 7.70. The molecular weight excluding hydrogens is 423 g/mol. The number of rotatable bonds is 4. The van der Waals surface area contributed by atoms with E-state index in [4.69, 9.17) is 11.5 Å². The van der Waals surface area contributed by atoms with Crippen molar-refractivity contribution in [2.24, 2.45) is 21.7 Å². The van der Waals surface area contributed by atoms with E-state index in [2.05, 4.69) is 45.5 Å². The zero-order chi connectivity index (χ0) is 19.4. The zero-order valence-electron chi connectivity index (χ0n) is 15.0. The molecule has 27 heavy (non-hydrogen) atoms. The van der Waals surface area contributed by atoms with Gasteiger partial charge in [0.1, 0.15) is 0 Å². The third-order valence-corrected chi connectivity index (χ3v) is 3.23. The van der Waals surface area contributed by atoms with Crippen molar-refractivity contribution in [3.8, 4) is 0 Å². The van der Waals surface area contributed by atoms with E-state index in [-0.39, 0.29) is 26.7 Å². The van der Waals surface area contributed by atoms with Crippen LogP contribution < -0.4 is 22.3 Å². The van der Waals surface area contributed by atoms with Crippen LogP contribution in [0.25, 0.3) is 0 Å². The Morgan fingerprint density at radius 1 is 0.704 bits per heavy atom. The summed E-state index contributed by atoms with van der Waals surface area (Å²) in [4.78, 5) is 0. The van der Waals surface area contributed by atoms with Crippen LogP contribution >= 0.6 is 24.4 Å². The largest absolute Gasteiger partial charge is 0.375 e. The third kappa shape index (κ3) is 11.1. The van der Waals surface area contributed by atoms with Crippen LogP contribution in [0.2, 0.25) is 0 Å². The summed E-state index contributed by atoms with van der Waals surface area (Å²) < 4.78 is 0. The smallest absolute Gasteiger partial charge is 0.184 e. The maximum Gasteiger partial charge on any atom is 0.184 e. The van der Waals surface area contributed by atoms with Crippen LogP contribution in [0, 0.1) is 0 Å². The fourth-order valence-electron chi connectivity index (χ4n) is 1.77. The summed E-state index contributed by atoms with van der Waals surface area (Å²) in [6.07, 6.45) is 0. The van der Waals surface area contributed by atoms with Gasteiger partial charge >= 0.3 is 0 Å². The minimum absolute atomic E-state index is 0. The molecule has 6 nitrogen and oxygen atoms in total. The molecule has 0 atom stereocenters. The number of thiocarbonyl (C=S) groups is 2. The van der Waals surface area contributed by atoms with Crippen molar-refractivity contribution in [2.75, 3.05) is 0 Å². The van der Waals surface area contributed by atoms with E-state index in [0.29, 0.717) is 0 Å². The second-order valence-corrected chi connectivity index (χ2v) is 5.96. The molecule has 0 fully saturated rings. The Morgan fingerprint density at radius 3 is 1.26 bits per heavy atom. The maximum atomic E-state index is 5.23. The molecule has 0 aliphatic carbocycles. The molecule has 146 valence electrons. The summed E-state index contributed by atoms with van der Waals surface area (Å²) in [6, 6.07) is 19.6. The summed E-state index contributed by atoms with van der Waals surface area (Å²) in [6.45, 7) is 3.78. The summed E-state index contributed by atoms with van der Waals surface area (Å²) >= 11 is 9.25. The molecule has 2 rings (SSSR count). The molecular formula is C18H22N6NiS2. The molecule has 0 unspecified atom stereocenters. The van der Waals surface area contributed by atoms with Crippen molar-refractivity contribution in [3.05, 3.63) is 71.8 Å². The zero-order valence-corrected chi connectivity index (χ0v) is 17.6. The Balaban J connectivity index is 0.000000483. The number of benzene rings is 2. The molecule has 2 aromatic rings. The van der Waals surface area contributed by atoms with Gasteiger partial charge in [0.2, 0.25) is 0 Å². The van der Waals surface area contributed by atoms with E-state index in [9.17, 15) is 0 Å². The topological polar surface area (TPSA) is 101 Å². The van der Waals surface area contributed by atoms with Gasteiger partial charge in [-0.15, -0.1) is 0 Å². The summed E-state index contributed by atoms with van der Waals surface area (Å²) in [5.41, 5.74) is 19.4. The van der Waals surface area contributed by atoms with E-state index in [1.807, 2.05) is 74.5 Å². The third-order valence-electron chi connectivity index (χ3n) is 3.05. The minimum Gasteiger partial charge on any atom is -0.375 e. The van der Waals surface area contributed by atoms with Crippen LogP contribution in [0.15, 0.2) is 70.9 Å². The molecule has 0 radical (unpaired) electrons. The van der Waals surface area contributed by atoms with Crippen molar-refractivity contribution in [3.63, 3.8) is 0 Å². The van der Waals surface area contributed by atoms with Gasteiger partial charge in [0.25, 0.3) is 0 Å². The number of hydrogen-bond donors (Lipinski definition) is 4. The van der Waals surface area contributed by atoms with Gasteiger partial charge in [-0.1, -0.05) is 60.7 Å². The Labute approximate surface area is 180 Å². The number of nitrogens with zero attached hydrogens (tertiary/aromatic N) is 2. The molecule has 0 bridgehead atoms. The maximum absolute atomic E-state index is 5.23. The first kappa shape index (κ1) is 24.7. The van der Waals surface area contributed by atoms with Crippen LogP contribution in [-0.2, 0) is 16.5 Å². The van der Waals surface area contributed by atoms with E-state index in [1.165, 1.54) is 0 Å². The summed E-state index contributed by atoms with van der Waals surface area (Å²) in [5, 5.41) is 8.34. The van der Waals surface area contributed by atoms with E-state index in [1.54, 1.807) is 0 Å². The average Bonchev–Trinajstić information content (AvgIpc) is 2.66. The van der Waals surface area contributed by atoms with Crippen molar-refractivity contribution in [2.45, 2.75) is 13.8 Å². The first-order chi connectivity index (χ1) is 12.4. The van der Waals surface area contributed by atoms with Crippen LogP contribution in [-0.4, -0.2) is 21.6 Å². The number of nitrogens with two attached hydrogens (primary N) is 2. The SMILES string of the molecule is CC(=NNC(N)=S)c1ccccc1.CC(=NNC(N)=S)c1ccccc1.[Ni]. The summed E-state index contributed by atoms with van der Waals surface area (Å²) in [7, 11) is 0. The molecule has 0 amide bonds. The predicted octanol–water partition coefficient (Wildman–Crippen LogP) is 2.49. The van der Waals surface area contributed by atoms with E-state index >= 15 is 0 Å². The van der Waals surface area contributed by atoms with Crippen LogP contribution in [0.1, 0.15) is 25.0 Å². The van der Waals surface area contributed by atoms with Gasteiger partial charge in [0.15, 0.2) is 10.2 Å². The molecule has 0 saturated heterocycles. The Morgan fingerprint density at radius 2 is 1.00 bits per heavy atom. The molecule has 0 saturated carbocycles. The first-order valence-corrected chi connectivity index (χ1v) is 8.52. The van der Waals surface area contributed by atoms with Gasteiger partial charge in [-0.2, -0.15) is 10.2 Å². The average molecular weight is 445 g/mol. The number of hydrazone groups is 2. The Kier molecular flexibility index (Phi) is 12.6. The minimum atomic E-state index is 0. The van der Waals surface area contributed by atoms with Crippen molar-refractivity contribution in [1.29, 1.82) is 0 Å². The van der Waals surface area contributed by atoms with Gasteiger partial charge in [0.05, 0.1) is 11.4 Å². The fraction of sp³-hybridized carbons (Fsp3) is 0.111. The molecule has 0 aliphatic heterocycles. The molecule has 2 aromatic carbocycles. The van der Waals surface area contributed by atoms with Crippen molar-refractivity contribution >= 4 is 46.1 Å². The number of hydrogen-bond acceptors (Lipinski definition) is 4. The number of nitrogens with one attached hydrogen (secondary N) is 2. The quantitative estimate of drug-likeness (QED) is 0.250. The normalized spacial score (nSPS) is 10.6. The molecule has 0 aliphatic rings. The van der Waals surface area contributed by atoms with Gasteiger partial charge in [0, 0.05) is 16.5 Å². The molecule has 9 heteroatoms. The molecule has 0 spiro atoms. The van der Waals surface area contributed by atoms with Crippen LogP contribution in [0.4, 0.5) is 0 Å². The van der Waals surface area contributed by atoms with Gasteiger partial charge < -0.3 is 11.5 Å². The second kappa shape index (κ2) is 13.8. The van der Waals surface area contributed by atoms with E-state index < -0.39 is 0 Å². The predicted molar refractivity (Wildman–Crippen MR) is 117 cm³/mol. The van der Waals surface area contributed by atoms with Crippen molar-refractivity contribution in [1.82, 2.24) is 10.9 Å². The van der Waals surface area contributed by atoms with Gasteiger partial charge in [-0.25, -0.2) is 0 Å². The van der Waals surface area contributed by atoms with Crippen LogP contribution in [0.5, 0.6) is 0 Å². The monoisotopic (exact) mass is 444 g/mol. The van der Waals surface area contributed by atoms with Gasteiger partial charge in [-0.3, -0.25) is 10.9 Å². The molecule has 0 aromatic heterocycles. The Bertz CT molecular complexity index is 711. The van der Waals surface area contributed by atoms with Crippen LogP contribution in [0.3, 0.4) is 0 Å². The standard InChI is InChI=1S/2C9H11N3S.Ni/c2*1-7(11-12-9(10)13)8-5-3-2-4-6-8;/h2*2-6H,1H3,(H3,10,12,13);. The summed E-state index contributed by atoms with van der Waals surface area (Å²) in [5.74, 6) is 0. The molecule has 6 N–H and O–H groups in total. The van der Waals surface area contributed by atoms with Gasteiger partial charge in [-0.05, 0) is 49.4 Å². The Hall–Kier alpha value is -2.35. The van der Waals surface area contributed by atoms with Crippen molar-refractivity contribution < 1.29 is 16.5 Å². The van der Waals surface area contributed by atoms with E-state index in [0.717, 1.165) is 22.6 Å². The molecule has 0 heterocycles. The second-order valence-electron chi connectivity index (χ2n) is 5.08.